The maximum atomic E-state index is 13.7. The molecule has 19 heavy (non-hydrogen) atoms. The van der Waals surface area contributed by atoms with Crippen LogP contribution in [0.25, 0.3) is 11.4 Å². The molecular formula is C12H12F2N4O. The Hall–Kier alpha value is -2.31. The van der Waals surface area contributed by atoms with E-state index >= 15 is 0 Å². The van der Waals surface area contributed by atoms with Gasteiger partial charge in [0.1, 0.15) is 11.6 Å². The second-order valence-corrected chi connectivity index (χ2v) is 3.60. The lowest BCUT2D eigenvalue weighted by molar-refractivity contribution is 0.379. The van der Waals surface area contributed by atoms with Crippen molar-refractivity contribution >= 4 is 5.95 Å². The first kappa shape index (κ1) is 13.1. The predicted octanol–water partition coefficient (Wildman–Crippen LogP) is 2.26. The SMILES string of the molecule is CCNc1nc(OC)nc(-c2c(F)cccc2F)n1. The molecule has 0 saturated carbocycles. The molecule has 0 saturated heterocycles. The van der Waals surface area contributed by atoms with Crippen molar-refractivity contribution in [1.82, 2.24) is 15.0 Å². The second kappa shape index (κ2) is 5.55. The molecule has 0 amide bonds. The van der Waals surface area contributed by atoms with E-state index in [0.29, 0.717) is 6.54 Å². The van der Waals surface area contributed by atoms with Gasteiger partial charge in [0, 0.05) is 6.54 Å². The zero-order valence-corrected chi connectivity index (χ0v) is 10.4. The number of hydrogen-bond donors (Lipinski definition) is 1. The highest BCUT2D eigenvalue weighted by Crippen LogP contribution is 2.24. The highest BCUT2D eigenvalue weighted by molar-refractivity contribution is 5.58. The molecular weight excluding hydrogens is 254 g/mol. The number of hydrogen-bond acceptors (Lipinski definition) is 5. The van der Waals surface area contributed by atoms with Gasteiger partial charge in [-0.2, -0.15) is 15.0 Å². The van der Waals surface area contributed by atoms with Crippen LogP contribution in [0.15, 0.2) is 18.2 Å². The summed E-state index contributed by atoms with van der Waals surface area (Å²) in [6.07, 6.45) is 0. The first-order valence-electron chi connectivity index (χ1n) is 5.64. The van der Waals surface area contributed by atoms with Crippen LogP contribution in [0.1, 0.15) is 6.92 Å². The average Bonchev–Trinajstić information content (AvgIpc) is 2.38. The van der Waals surface area contributed by atoms with Crippen molar-refractivity contribution < 1.29 is 13.5 Å². The molecule has 7 heteroatoms. The summed E-state index contributed by atoms with van der Waals surface area (Å²) in [6, 6.07) is 3.55. The van der Waals surface area contributed by atoms with E-state index < -0.39 is 11.6 Å². The van der Waals surface area contributed by atoms with Crippen LogP contribution < -0.4 is 10.1 Å². The summed E-state index contributed by atoms with van der Waals surface area (Å²) in [6.45, 7) is 2.41. The maximum Gasteiger partial charge on any atom is 0.321 e. The Balaban J connectivity index is 2.57. The van der Waals surface area contributed by atoms with Gasteiger partial charge in [0.15, 0.2) is 5.82 Å². The van der Waals surface area contributed by atoms with Crippen LogP contribution in [0.2, 0.25) is 0 Å². The Morgan fingerprint density at radius 3 is 2.42 bits per heavy atom. The van der Waals surface area contributed by atoms with E-state index in [2.05, 4.69) is 20.3 Å². The van der Waals surface area contributed by atoms with Crippen molar-refractivity contribution in [3.05, 3.63) is 29.8 Å². The fourth-order valence-corrected chi connectivity index (χ4v) is 1.51. The summed E-state index contributed by atoms with van der Waals surface area (Å²) in [4.78, 5) is 11.8. The van der Waals surface area contributed by atoms with Gasteiger partial charge in [-0.3, -0.25) is 0 Å². The number of methoxy groups -OCH3 is 1. The average molecular weight is 266 g/mol. The molecule has 1 aromatic carbocycles. The van der Waals surface area contributed by atoms with Gasteiger partial charge in [-0.1, -0.05) is 6.07 Å². The molecule has 0 atom stereocenters. The minimum absolute atomic E-state index is 0.0106. The lowest BCUT2D eigenvalue weighted by Gasteiger charge is -2.08. The summed E-state index contributed by atoms with van der Waals surface area (Å²) in [5.41, 5.74) is -0.303. The molecule has 0 aliphatic rings. The quantitative estimate of drug-likeness (QED) is 0.919. The van der Waals surface area contributed by atoms with E-state index in [0.717, 1.165) is 12.1 Å². The topological polar surface area (TPSA) is 59.9 Å². The van der Waals surface area contributed by atoms with E-state index in [4.69, 9.17) is 4.74 Å². The summed E-state index contributed by atoms with van der Waals surface area (Å²) in [5.74, 6) is -1.39. The Morgan fingerprint density at radius 1 is 1.16 bits per heavy atom. The number of aromatic nitrogens is 3. The third-order valence-electron chi connectivity index (χ3n) is 2.32. The number of rotatable bonds is 4. The molecule has 0 spiro atoms. The summed E-state index contributed by atoms with van der Waals surface area (Å²) >= 11 is 0. The molecule has 1 N–H and O–H groups in total. The number of nitrogens with one attached hydrogen (secondary N) is 1. The van der Waals surface area contributed by atoms with Crippen LogP contribution >= 0.6 is 0 Å². The zero-order chi connectivity index (χ0) is 13.8. The Morgan fingerprint density at radius 2 is 1.84 bits per heavy atom. The van der Waals surface area contributed by atoms with Gasteiger partial charge in [0.2, 0.25) is 5.95 Å². The molecule has 5 nitrogen and oxygen atoms in total. The number of halogens is 2. The fourth-order valence-electron chi connectivity index (χ4n) is 1.51. The zero-order valence-electron chi connectivity index (χ0n) is 10.4. The van der Waals surface area contributed by atoms with Gasteiger partial charge < -0.3 is 10.1 Å². The van der Waals surface area contributed by atoms with Crippen molar-refractivity contribution in [2.24, 2.45) is 0 Å². The summed E-state index contributed by atoms with van der Waals surface area (Å²) in [7, 11) is 1.37. The first-order chi connectivity index (χ1) is 9.15. The van der Waals surface area contributed by atoms with Crippen LogP contribution in [-0.4, -0.2) is 28.6 Å². The highest BCUT2D eigenvalue weighted by Gasteiger charge is 2.16. The number of benzene rings is 1. The third-order valence-corrected chi connectivity index (χ3v) is 2.32. The lowest BCUT2D eigenvalue weighted by atomic mass is 10.2. The molecule has 1 heterocycles. The van der Waals surface area contributed by atoms with Gasteiger partial charge in [-0.05, 0) is 19.1 Å². The molecule has 0 aliphatic heterocycles. The van der Waals surface area contributed by atoms with E-state index in [1.54, 1.807) is 0 Å². The van der Waals surface area contributed by atoms with Crippen molar-refractivity contribution in [2.45, 2.75) is 6.92 Å². The minimum Gasteiger partial charge on any atom is -0.467 e. The monoisotopic (exact) mass is 266 g/mol. The third kappa shape index (κ3) is 2.75. The van der Waals surface area contributed by atoms with Crippen LogP contribution in [0.5, 0.6) is 6.01 Å². The van der Waals surface area contributed by atoms with E-state index in [1.807, 2.05) is 6.92 Å². The molecule has 0 radical (unpaired) electrons. The lowest BCUT2D eigenvalue weighted by Crippen LogP contribution is -2.07. The Kier molecular flexibility index (Phi) is 3.84. The molecule has 1 aromatic heterocycles. The molecule has 0 aliphatic carbocycles. The molecule has 100 valence electrons. The molecule has 0 unspecified atom stereocenters. The molecule has 2 rings (SSSR count). The standard InChI is InChI=1S/C12H12F2N4O/c1-3-15-11-16-10(17-12(18-11)19-2)9-7(13)5-4-6-8(9)14/h4-6H,3H2,1-2H3,(H,15,16,17,18). The van der Waals surface area contributed by atoms with E-state index in [-0.39, 0.29) is 23.3 Å². The van der Waals surface area contributed by atoms with E-state index in [9.17, 15) is 8.78 Å². The van der Waals surface area contributed by atoms with Crippen molar-refractivity contribution in [1.29, 1.82) is 0 Å². The van der Waals surface area contributed by atoms with Gasteiger partial charge in [0.05, 0.1) is 12.7 Å². The summed E-state index contributed by atoms with van der Waals surface area (Å²) in [5, 5.41) is 2.84. The fraction of sp³-hybridized carbons (Fsp3) is 0.250. The Labute approximate surface area is 108 Å². The summed E-state index contributed by atoms with van der Waals surface area (Å²) < 4.78 is 32.3. The van der Waals surface area contributed by atoms with Gasteiger partial charge in [0.25, 0.3) is 0 Å². The number of anilines is 1. The highest BCUT2D eigenvalue weighted by atomic mass is 19.1. The first-order valence-corrected chi connectivity index (χ1v) is 5.64. The van der Waals surface area contributed by atoms with Crippen LogP contribution in [0, 0.1) is 11.6 Å². The van der Waals surface area contributed by atoms with Crippen LogP contribution in [0.4, 0.5) is 14.7 Å². The Bertz CT molecular complexity index is 572. The largest absolute Gasteiger partial charge is 0.467 e. The smallest absolute Gasteiger partial charge is 0.321 e. The normalized spacial score (nSPS) is 10.3. The van der Waals surface area contributed by atoms with E-state index in [1.165, 1.54) is 13.2 Å². The van der Waals surface area contributed by atoms with Crippen LogP contribution in [0.3, 0.4) is 0 Å². The van der Waals surface area contributed by atoms with Crippen molar-refractivity contribution in [3.8, 4) is 17.4 Å². The number of ether oxygens (including phenoxy) is 1. The van der Waals surface area contributed by atoms with Gasteiger partial charge in [-0.15, -0.1) is 0 Å². The second-order valence-electron chi connectivity index (χ2n) is 3.60. The molecule has 0 fully saturated rings. The predicted molar refractivity (Wildman–Crippen MR) is 65.9 cm³/mol. The van der Waals surface area contributed by atoms with Gasteiger partial charge >= 0.3 is 6.01 Å². The maximum absolute atomic E-state index is 13.7. The molecule has 2 aromatic rings. The van der Waals surface area contributed by atoms with Crippen LogP contribution in [-0.2, 0) is 0 Å². The molecule has 0 bridgehead atoms. The number of nitrogens with zero attached hydrogens (tertiary/aromatic N) is 3. The van der Waals surface area contributed by atoms with Crippen molar-refractivity contribution in [3.63, 3.8) is 0 Å². The van der Waals surface area contributed by atoms with Crippen molar-refractivity contribution in [2.75, 3.05) is 19.0 Å². The van der Waals surface area contributed by atoms with Gasteiger partial charge in [-0.25, -0.2) is 8.78 Å². The minimum atomic E-state index is -0.740.